The number of fused-ring (bicyclic) bond motifs is 7. The number of hydrogen-bond acceptors (Lipinski definition) is 10. The quantitative estimate of drug-likeness (QED) is 0.169. The minimum atomic E-state index is -2.38. The minimum absolute atomic E-state index is 0.0880. The molecular formula is C28H21NO9. The maximum Gasteiger partial charge on any atom is 0.202 e. The van der Waals surface area contributed by atoms with Crippen LogP contribution in [-0.2, 0) is 10.4 Å². The monoisotopic (exact) mass is 515 g/mol. The first kappa shape index (κ1) is 22.9. The number of anilines is 1. The van der Waals surface area contributed by atoms with Crippen molar-refractivity contribution in [3.05, 3.63) is 81.4 Å². The fourth-order valence-electron chi connectivity index (χ4n) is 7.19. The molecule has 0 radical (unpaired) electrons. The molecule has 192 valence electrons. The first-order valence-corrected chi connectivity index (χ1v) is 12.0. The summed E-state index contributed by atoms with van der Waals surface area (Å²) in [5.74, 6) is -6.96. The number of rotatable bonds is 0. The molecule has 3 aliphatic carbocycles. The Morgan fingerprint density at radius 3 is 1.97 bits per heavy atom. The van der Waals surface area contributed by atoms with Gasteiger partial charge in [0.05, 0.1) is 45.8 Å². The molecule has 3 aromatic rings. The highest BCUT2D eigenvalue weighted by Crippen LogP contribution is 2.67. The lowest BCUT2D eigenvalue weighted by Gasteiger charge is -2.64. The van der Waals surface area contributed by atoms with Gasteiger partial charge in [0.1, 0.15) is 34.6 Å². The number of carbonyl (C=O) groups is 3. The van der Waals surface area contributed by atoms with E-state index in [9.17, 15) is 45.0 Å². The van der Waals surface area contributed by atoms with Gasteiger partial charge in [-0.25, -0.2) is 0 Å². The van der Waals surface area contributed by atoms with E-state index in [2.05, 4.69) is 5.32 Å². The summed E-state index contributed by atoms with van der Waals surface area (Å²) in [6.45, 7) is 1.39. The summed E-state index contributed by atoms with van der Waals surface area (Å²) in [5.41, 5.74) is -5.74. The smallest absolute Gasteiger partial charge is 0.202 e. The number of phenols is 3. The number of carbonyl (C=O) groups excluding carboxylic acids is 3. The van der Waals surface area contributed by atoms with Gasteiger partial charge in [0, 0.05) is 5.56 Å². The molecule has 1 saturated carbocycles. The summed E-state index contributed by atoms with van der Waals surface area (Å²) in [6.07, 6.45) is -1.72. The molecular weight excluding hydrogens is 494 g/mol. The number of aromatic hydroxyl groups is 3. The molecule has 3 aromatic carbocycles. The van der Waals surface area contributed by atoms with Crippen molar-refractivity contribution >= 4 is 23.0 Å². The van der Waals surface area contributed by atoms with Crippen molar-refractivity contribution in [1.82, 2.24) is 0 Å². The zero-order valence-corrected chi connectivity index (χ0v) is 19.8. The van der Waals surface area contributed by atoms with Crippen molar-refractivity contribution in [3.8, 4) is 17.2 Å². The van der Waals surface area contributed by atoms with Crippen molar-refractivity contribution in [2.45, 2.75) is 36.2 Å². The molecule has 0 spiro atoms. The Balaban J connectivity index is 1.60. The van der Waals surface area contributed by atoms with Crippen LogP contribution >= 0.6 is 0 Å². The molecule has 4 bridgehead atoms. The van der Waals surface area contributed by atoms with E-state index in [0.717, 1.165) is 18.2 Å². The Labute approximate surface area is 214 Å². The van der Waals surface area contributed by atoms with Crippen LogP contribution in [0, 0.1) is 5.92 Å². The number of ketones is 3. The van der Waals surface area contributed by atoms with Crippen LogP contribution in [0.4, 0.5) is 5.69 Å². The van der Waals surface area contributed by atoms with Gasteiger partial charge < -0.3 is 36.0 Å². The van der Waals surface area contributed by atoms with Gasteiger partial charge in [-0.05, 0) is 29.3 Å². The lowest BCUT2D eigenvalue weighted by molar-refractivity contribution is -0.246. The molecule has 0 unspecified atom stereocenters. The molecule has 1 heterocycles. The van der Waals surface area contributed by atoms with Gasteiger partial charge in [0.2, 0.25) is 11.6 Å². The van der Waals surface area contributed by atoms with Gasteiger partial charge in [0.25, 0.3) is 0 Å². The van der Waals surface area contributed by atoms with Gasteiger partial charge in [0.15, 0.2) is 5.78 Å². The maximum absolute atomic E-state index is 13.8. The second kappa shape index (κ2) is 6.79. The predicted octanol–water partition coefficient (Wildman–Crippen LogP) is 1.34. The summed E-state index contributed by atoms with van der Waals surface area (Å²) < 4.78 is 0. The van der Waals surface area contributed by atoms with E-state index in [-0.39, 0.29) is 16.8 Å². The zero-order chi connectivity index (χ0) is 27.0. The number of aliphatic hydroxyl groups is 3. The fourth-order valence-corrected chi connectivity index (χ4v) is 7.19. The molecule has 10 nitrogen and oxygen atoms in total. The molecule has 1 aliphatic heterocycles. The lowest BCUT2D eigenvalue weighted by atomic mass is 9.47. The Hall–Kier alpha value is -4.25. The van der Waals surface area contributed by atoms with Gasteiger partial charge in [-0.2, -0.15) is 0 Å². The number of phenolic OH excluding ortho intramolecular Hbond substituents is 3. The Kier molecular flexibility index (Phi) is 4.09. The van der Waals surface area contributed by atoms with Gasteiger partial charge in [-0.3, -0.25) is 14.4 Å². The van der Waals surface area contributed by atoms with E-state index in [0.29, 0.717) is 11.1 Å². The standard InChI is InChI=1S/C28H21NO9/c1-9-22(33)25(36)20-10-4-2-3-5-11(10)26-27(9,37)28(20,38)12-8-15(32)18-19(21(12)29-26)24(35)17-14(31)7-6-13(30)16(17)23(18)34/h2-9,20,25-26,29-32,36-38H,1H3/t9-,20+,25-,26-,27-,28-/m0/s1. The number of nitrogens with one attached hydrogen (secondary N) is 1. The summed E-state index contributed by atoms with van der Waals surface area (Å²) in [5, 5.41) is 70.7. The molecule has 7 N–H and O–H groups in total. The number of hydrogen-bond donors (Lipinski definition) is 7. The Morgan fingerprint density at radius 1 is 0.789 bits per heavy atom. The summed E-state index contributed by atoms with van der Waals surface area (Å²) in [6, 6.07) is 8.64. The number of aliphatic hydroxyl groups excluding tert-OH is 1. The molecule has 38 heavy (non-hydrogen) atoms. The molecule has 0 saturated heterocycles. The topological polar surface area (TPSA) is 185 Å². The molecule has 0 amide bonds. The second-order valence-electron chi connectivity index (χ2n) is 10.4. The highest BCUT2D eigenvalue weighted by atomic mass is 16.4. The third kappa shape index (κ3) is 2.20. The maximum atomic E-state index is 13.8. The summed E-state index contributed by atoms with van der Waals surface area (Å²) in [7, 11) is 0. The molecule has 7 rings (SSSR count). The van der Waals surface area contributed by atoms with Crippen LogP contribution in [0.5, 0.6) is 17.2 Å². The van der Waals surface area contributed by atoms with E-state index >= 15 is 0 Å². The van der Waals surface area contributed by atoms with Crippen LogP contribution in [0.25, 0.3) is 0 Å². The van der Waals surface area contributed by atoms with Crippen LogP contribution in [0.2, 0.25) is 0 Å². The Bertz CT molecular complexity index is 1680. The fraction of sp³-hybridized carbons (Fsp3) is 0.250. The average Bonchev–Trinajstić information content (AvgIpc) is 2.88. The number of Topliss-reactive ketones (excluding diaryl/α,β-unsaturated/α-hetero) is 1. The van der Waals surface area contributed by atoms with Crippen LogP contribution in [0.3, 0.4) is 0 Å². The molecule has 1 fully saturated rings. The van der Waals surface area contributed by atoms with Crippen molar-refractivity contribution in [3.63, 3.8) is 0 Å². The Morgan fingerprint density at radius 2 is 1.34 bits per heavy atom. The van der Waals surface area contributed by atoms with Crippen LogP contribution < -0.4 is 5.32 Å². The molecule has 6 atom stereocenters. The normalized spacial score (nSPS) is 32.1. The van der Waals surface area contributed by atoms with E-state index in [4.69, 9.17) is 0 Å². The minimum Gasteiger partial charge on any atom is -0.507 e. The number of benzene rings is 3. The van der Waals surface area contributed by atoms with Gasteiger partial charge >= 0.3 is 0 Å². The second-order valence-corrected chi connectivity index (χ2v) is 10.4. The highest BCUT2D eigenvalue weighted by Gasteiger charge is 2.74. The predicted molar refractivity (Wildman–Crippen MR) is 129 cm³/mol. The van der Waals surface area contributed by atoms with E-state index in [1.54, 1.807) is 24.3 Å². The lowest BCUT2D eigenvalue weighted by Crippen LogP contribution is -2.75. The molecule has 0 aromatic heterocycles. The SMILES string of the molecule is C[C@H]1C(=O)[C@@H](O)[C@H]2c3ccccc3[C@@H]3Nc4c(cc(O)c5c4C(=O)c4c(O)ccc(O)c4C5=O)[C@@]2(O)[C@]13O. The van der Waals surface area contributed by atoms with Gasteiger partial charge in [-0.15, -0.1) is 0 Å². The third-order valence-corrected chi connectivity index (χ3v) is 8.91. The van der Waals surface area contributed by atoms with Crippen molar-refractivity contribution in [2.75, 3.05) is 5.32 Å². The molecule has 4 aliphatic rings. The largest absolute Gasteiger partial charge is 0.507 e. The molecule has 10 heteroatoms. The van der Waals surface area contributed by atoms with Crippen LogP contribution in [0.15, 0.2) is 42.5 Å². The van der Waals surface area contributed by atoms with Crippen molar-refractivity contribution in [1.29, 1.82) is 0 Å². The van der Waals surface area contributed by atoms with Crippen molar-refractivity contribution < 1.29 is 45.0 Å². The summed E-state index contributed by atoms with van der Waals surface area (Å²) in [4.78, 5) is 40.4. The van der Waals surface area contributed by atoms with Crippen molar-refractivity contribution in [2.24, 2.45) is 5.92 Å². The third-order valence-electron chi connectivity index (χ3n) is 8.91. The zero-order valence-electron chi connectivity index (χ0n) is 19.8. The summed E-state index contributed by atoms with van der Waals surface area (Å²) >= 11 is 0. The highest BCUT2D eigenvalue weighted by molar-refractivity contribution is 6.33. The van der Waals surface area contributed by atoms with E-state index < -0.39 is 86.5 Å². The van der Waals surface area contributed by atoms with E-state index in [1.165, 1.54) is 6.92 Å². The van der Waals surface area contributed by atoms with E-state index in [1.807, 2.05) is 0 Å². The van der Waals surface area contributed by atoms with Gasteiger partial charge in [-0.1, -0.05) is 31.2 Å². The average molecular weight is 515 g/mol. The first-order valence-electron chi connectivity index (χ1n) is 12.0. The first-order chi connectivity index (χ1) is 18.0. The van der Waals surface area contributed by atoms with Crippen LogP contribution in [-0.4, -0.2) is 59.7 Å². The van der Waals surface area contributed by atoms with Crippen LogP contribution in [0.1, 0.15) is 67.4 Å².